The number of anilines is 4. The zero-order valence-corrected chi connectivity index (χ0v) is 20.2. The van der Waals surface area contributed by atoms with E-state index in [4.69, 9.17) is 4.74 Å². The molecule has 4 amide bonds. The Labute approximate surface area is 210 Å². The van der Waals surface area contributed by atoms with Crippen LogP contribution in [0.3, 0.4) is 0 Å². The lowest BCUT2D eigenvalue weighted by molar-refractivity contribution is 0.208. The number of nitriles is 1. The first-order valence-electron chi connectivity index (χ1n) is 11.6. The van der Waals surface area contributed by atoms with Crippen molar-refractivity contribution in [2.75, 3.05) is 54.1 Å². The first kappa shape index (κ1) is 24.4. The first-order valence-corrected chi connectivity index (χ1v) is 11.6. The third kappa shape index (κ3) is 5.85. The molecular formula is C27H28N6O3. The molecule has 0 spiro atoms. The molecule has 0 radical (unpaired) electrons. The molecule has 9 heteroatoms. The number of aryl methyl sites for hydroxylation is 1. The molecule has 0 saturated carbocycles. The number of urea groups is 2. The molecule has 0 aliphatic carbocycles. The van der Waals surface area contributed by atoms with E-state index in [-0.39, 0.29) is 12.1 Å². The summed E-state index contributed by atoms with van der Waals surface area (Å²) in [6.45, 7) is 4.41. The van der Waals surface area contributed by atoms with E-state index in [1.165, 1.54) is 0 Å². The van der Waals surface area contributed by atoms with Crippen molar-refractivity contribution >= 4 is 34.8 Å². The number of hydrogen-bond acceptors (Lipinski definition) is 5. The molecule has 1 fully saturated rings. The van der Waals surface area contributed by atoms with Crippen LogP contribution in [0.15, 0.2) is 66.7 Å². The fourth-order valence-corrected chi connectivity index (χ4v) is 4.01. The average Bonchev–Trinajstić information content (AvgIpc) is 2.89. The van der Waals surface area contributed by atoms with Crippen LogP contribution in [0.2, 0.25) is 0 Å². The maximum absolute atomic E-state index is 12.6. The Morgan fingerprint density at radius 3 is 2.31 bits per heavy atom. The minimum atomic E-state index is -0.357. The van der Waals surface area contributed by atoms with Crippen LogP contribution in [-0.4, -0.2) is 50.3 Å². The molecule has 4 rings (SSSR count). The summed E-state index contributed by atoms with van der Waals surface area (Å²) in [6.07, 6.45) is 0. The smallest absolute Gasteiger partial charge is 0.323 e. The van der Waals surface area contributed by atoms with E-state index in [2.05, 4.69) is 26.9 Å². The van der Waals surface area contributed by atoms with Crippen molar-refractivity contribution in [2.24, 2.45) is 0 Å². The van der Waals surface area contributed by atoms with Gasteiger partial charge in [-0.2, -0.15) is 5.26 Å². The van der Waals surface area contributed by atoms with Gasteiger partial charge in [0, 0.05) is 37.6 Å². The SMILES string of the molecule is COc1ccc(C)cc1NC(=O)Nc1ccc(N2CCN(C(=O)Nc3ccccc3C#N)CC2)cc1. The van der Waals surface area contributed by atoms with Crippen LogP contribution in [0.5, 0.6) is 5.75 Å². The van der Waals surface area contributed by atoms with Gasteiger partial charge in [-0.3, -0.25) is 0 Å². The maximum atomic E-state index is 12.6. The number of amides is 4. The van der Waals surface area contributed by atoms with Crippen LogP contribution in [0.25, 0.3) is 0 Å². The van der Waals surface area contributed by atoms with Crippen molar-refractivity contribution < 1.29 is 14.3 Å². The molecule has 0 bridgehead atoms. The maximum Gasteiger partial charge on any atom is 0.323 e. The number of rotatable bonds is 5. The third-order valence-corrected chi connectivity index (χ3v) is 5.95. The second-order valence-corrected chi connectivity index (χ2v) is 8.39. The van der Waals surface area contributed by atoms with E-state index < -0.39 is 0 Å². The first-order chi connectivity index (χ1) is 17.5. The van der Waals surface area contributed by atoms with Gasteiger partial charge in [0.2, 0.25) is 0 Å². The van der Waals surface area contributed by atoms with E-state index >= 15 is 0 Å². The Morgan fingerprint density at radius 1 is 0.889 bits per heavy atom. The highest BCUT2D eigenvalue weighted by molar-refractivity contribution is 6.00. The molecule has 3 aromatic rings. The van der Waals surface area contributed by atoms with Crippen LogP contribution in [0, 0.1) is 18.3 Å². The van der Waals surface area contributed by atoms with Gasteiger partial charge in [-0.05, 0) is 61.0 Å². The van der Waals surface area contributed by atoms with Gasteiger partial charge in [0.15, 0.2) is 0 Å². The normalized spacial score (nSPS) is 12.9. The summed E-state index contributed by atoms with van der Waals surface area (Å²) >= 11 is 0. The number of para-hydroxylation sites is 1. The summed E-state index contributed by atoms with van der Waals surface area (Å²) in [5.74, 6) is 0.591. The fraction of sp³-hybridized carbons (Fsp3) is 0.222. The molecule has 3 N–H and O–H groups in total. The second-order valence-electron chi connectivity index (χ2n) is 8.39. The molecule has 1 heterocycles. The van der Waals surface area contributed by atoms with Crippen LogP contribution < -0.4 is 25.6 Å². The van der Waals surface area contributed by atoms with Crippen molar-refractivity contribution in [2.45, 2.75) is 6.92 Å². The highest BCUT2D eigenvalue weighted by Crippen LogP contribution is 2.26. The minimum Gasteiger partial charge on any atom is -0.495 e. The fourth-order valence-electron chi connectivity index (χ4n) is 4.01. The predicted octanol–water partition coefficient (Wildman–Crippen LogP) is 4.87. The Kier molecular flexibility index (Phi) is 7.56. The molecule has 36 heavy (non-hydrogen) atoms. The second kappa shape index (κ2) is 11.1. The highest BCUT2D eigenvalue weighted by Gasteiger charge is 2.22. The summed E-state index contributed by atoms with van der Waals surface area (Å²) in [4.78, 5) is 29.0. The molecule has 3 aromatic carbocycles. The Hall–Kier alpha value is -4.71. The molecular weight excluding hydrogens is 456 g/mol. The monoisotopic (exact) mass is 484 g/mol. The van der Waals surface area contributed by atoms with E-state index in [0.29, 0.717) is 54.6 Å². The number of hydrogen-bond donors (Lipinski definition) is 3. The third-order valence-electron chi connectivity index (χ3n) is 5.95. The van der Waals surface area contributed by atoms with Crippen molar-refractivity contribution in [1.29, 1.82) is 5.26 Å². The van der Waals surface area contributed by atoms with Gasteiger partial charge in [-0.25, -0.2) is 9.59 Å². The van der Waals surface area contributed by atoms with Crippen LogP contribution in [0.4, 0.5) is 32.3 Å². The number of nitrogens with zero attached hydrogens (tertiary/aromatic N) is 3. The number of piperazine rings is 1. The number of carbonyl (C=O) groups is 2. The van der Waals surface area contributed by atoms with Gasteiger partial charge in [0.05, 0.1) is 24.0 Å². The van der Waals surface area contributed by atoms with Gasteiger partial charge < -0.3 is 30.5 Å². The molecule has 0 unspecified atom stereocenters. The summed E-state index contributed by atoms with van der Waals surface area (Å²) in [7, 11) is 1.56. The topological polar surface area (TPSA) is 110 Å². The molecule has 0 atom stereocenters. The zero-order valence-electron chi connectivity index (χ0n) is 20.2. The van der Waals surface area contributed by atoms with Crippen LogP contribution in [0.1, 0.15) is 11.1 Å². The summed E-state index contributed by atoms with van der Waals surface area (Å²) in [5.41, 5.74) is 4.24. The largest absolute Gasteiger partial charge is 0.495 e. The summed E-state index contributed by atoms with van der Waals surface area (Å²) in [5, 5.41) is 17.7. The molecule has 9 nitrogen and oxygen atoms in total. The van der Waals surface area contributed by atoms with Crippen molar-refractivity contribution in [1.82, 2.24) is 4.90 Å². The highest BCUT2D eigenvalue weighted by atomic mass is 16.5. The Bertz CT molecular complexity index is 1280. The lowest BCUT2D eigenvalue weighted by atomic mass is 10.2. The van der Waals surface area contributed by atoms with E-state index in [1.807, 2.05) is 49.4 Å². The standard InChI is InChI=1S/C27H28N6O3/c1-19-7-12-25(36-2)24(17-19)30-26(34)29-21-8-10-22(11-9-21)32-13-15-33(16-14-32)27(35)31-23-6-4-3-5-20(23)18-28/h3-12,17H,13-16H2,1-2H3,(H,31,35)(H2,29,30,34). The lowest BCUT2D eigenvalue weighted by Crippen LogP contribution is -2.50. The van der Waals surface area contributed by atoms with Gasteiger partial charge in [0.25, 0.3) is 0 Å². The van der Waals surface area contributed by atoms with Gasteiger partial charge >= 0.3 is 12.1 Å². The van der Waals surface area contributed by atoms with E-state index in [9.17, 15) is 14.9 Å². The summed E-state index contributed by atoms with van der Waals surface area (Å²) < 4.78 is 5.31. The summed E-state index contributed by atoms with van der Waals surface area (Å²) in [6, 6.07) is 21.6. The van der Waals surface area contributed by atoms with Crippen LogP contribution >= 0.6 is 0 Å². The Morgan fingerprint density at radius 2 is 1.61 bits per heavy atom. The van der Waals surface area contributed by atoms with Crippen molar-refractivity contribution in [3.63, 3.8) is 0 Å². The van der Waals surface area contributed by atoms with E-state index in [0.717, 1.165) is 11.3 Å². The minimum absolute atomic E-state index is 0.215. The molecule has 1 aliphatic heterocycles. The lowest BCUT2D eigenvalue weighted by Gasteiger charge is -2.36. The zero-order chi connectivity index (χ0) is 25.5. The molecule has 1 saturated heterocycles. The van der Waals surface area contributed by atoms with Crippen LogP contribution in [-0.2, 0) is 0 Å². The van der Waals surface area contributed by atoms with Crippen molar-refractivity contribution in [3.05, 3.63) is 77.9 Å². The number of methoxy groups -OCH3 is 1. The molecule has 1 aliphatic rings. The average molecular weight is 485 g/mol. The molecule has 0 aromatic heterocycles. The van der Waals surface area contributed by atoms with Crippen molar-refractivity contribution in [3.8, 4) is 11.8 Å². The number of ether oxygens (including phenoxy) is 1. The Balaban J connectivity index is 1.29. The predicted molar refractivity (Wildman–Crippen MR) is 141 cm³/mol. The number of carbonyl (C=O) groups excluding carboxylic acids is 2. The number of nitrogens with one attached hydrogen (secondary N) is 3. The molecule has 184 valence electrons. The van der Waals surface area contributed by atoms with Gasteiger partial charge in [0.1, 0.15) is 11.8 Å². The quantitative estimate of drug-likeness (QED) is 0.478. The van der Waals surface area contributed by atoms with Gasteiger partial charge in [-0.1, -0.05) is 18.2 Å². The van der Waals surface area contributed by atoms with Gasteiger partial charge in [-0.15, -0.1) is 0 Å². The number of benzene rings is 3. The van der Waals surface area contributed by atoms with E-state index in [1.54, 1.807) is 36.3 Å².